The summed E-state index contributed by atoms with van der Waals surface area (Å²) < 4.78 is 26.6. The highest BCUT2D eigenvalue weighted by Gasteiger charge is 2.22. The Morgan fingerprint density at radius 3 is 2.92 bits per heavy atom. The molecule has 0 aromatic carbocycles. The van der Waals surface area contributed by atoms with Crippen molar-refractivity contribution < 1.29 is 13.6 Å². The Labute approximate surface area is 141 Å². The first-order chi connectivity index (χ1) is 11.5. The minimum absolute atomic E-state index is 0.161. The first kappa shape index (κ1) is 16.6. The molecule has 1 aliphatic rings. The Balaban J connectivity index is 1.76. The molecular weight excluding hydrogens is 334 g/mol. The van der Waals surface area contributed by atoms with Gasteiger partial charge in [-0.2, -0.15) is 10.4 Å². The van der Waals surface area contributed by atoms with E-state index in [4.69, 9.17) is 0 Å². The average Bonchev–Trinajstić information content (AvgIpc) is 3.07. The summed E-state index contributed by atoms with van der Waals surface area (Å²) in [6.45, 7) is 1.46. The second-order valence-corrected chi connectivity index (χ2v) is 6.85. The van der Waals surface area contributed by atoms with Gasteiger partial charge in [0.15, 0.2) is 0 Å². The fraction of sp³-hybridized carbons (Fsp3) is 0.438. The number of anilines is 1. The number of thiophene rings is 1. The predicted molar refractivity (Wildman–Crippen MR) is 86.2 cm³/mol. The Bertz CT molecular complexity index is 819. The Hall–Kier alpha value is -2.27. The van der Waals surface area contributed by atoms with Crippen molar-refractivity contribution in [1.29, 1.82) is 5.26 Å². The smallest absolute Gasteiger partial charge is 0.282 e. The molecule has 0 atom stereocenters. The van der Waals surface area contributed by atoms with E-state index in [2.05, 4.69) is 16.5 Å². The molecule has 8 heteroatoms. The maximum Gasteiger partial charge on any atom is 0.282 e. The van der Waals surface area contributed by atoms with Crippen molar-refractivity contribution in [1.82, 2.24) is 9.78 Å². The predicted octanol–water partition coefficient (Wildman–Crippen LogP) is 3.58. The van der Waals surface area contributed by atoms with Gasteiger partial charge in [-0.1, -0.05) is 0 Å². The van der Waals surface area contributed by atoms with Crippen LogP contribution in [0.2, 0.25) is 0 Å². The third-order valence-corrected chi connectivity index (χ3v) is 5.26. The molecule has 0 bridgehead atoms. The van der Waals surface area contributed by atoms with Gasteiger partial charge in [-0.25, -0.2) is 8.78 Å². The minimum atomic E-state index is -2.66. The van der Waals surface area contributed by atoms with Crippen molar-refractivity contribution in [2.45, 2.75) is 45.6 Å². The fourth-order valence-electron chi connectivity index (χ4n) is 2.88. The molecule has 2 aromatic rings. The summed E-state index contributed by atoms with van der Waals surface area (Å²) in [5, 5.41) is 16.4. The van der Waals surface area contributed by atoms with Gasteiger partial charge in [-0.15, -0.1) is 11.3 Å². The van der Waals surface area contributed by atoms with Crippen LogP contribution >= 0.6 is 11.3 Å². The molecule has 5 nitrogen and oxygen atoms in total. The monoisotopic (exact) mass is 350 g/mol. The van der Waals surface area contributed by atoms with E-state index in [1.807, 2.05) is 0 Å². The Morgan fingerprint density at radius 1 is 1.50 bits per heavy atom. The normalized spacial score (nSPS) is 13.6. The molecule has 126 valence electrons. The lowest BCUT2D eigenvalue weighted by atomic mass is 9.96. The summed E-state index contributed by atoms with van der Waals surface area (Å²) in [6, 6.07) is 3.44. The number of aromatic nitrogens is 2. The molecule has 24 heavy (non-hydrogen) atoms. The summed E-state index contributed by atoms with van der Waals surface area (Å²) in [4.78, 5) is 13.4. The van der Waals surface area contributed by atoms with Crippen LogP contribution < -0.4 is 5.32 Å². The lowest BCUT2D eigenvalue weighted by Gasteiger charge is -2.09. The number of hydrogen-bond donors (Lipinski definition) is 1. The van der Waals surface area contributed by atoms with Gasteiger partial charge in [-0.05, 0) is 44.2 Å². The maximum absolute atomic E-state index is 12.7. The molecule has 1 N–H and O–H groups in total. The lowest BCUT2D eigenvalue weighted by Crippen LogP contribution is -2.20. The largest absolute Gasteiger partial charge is 0.315 e. The van der Waals surface area contributed by atoms with Gasteiger partial charge >= 0.3 is 0 Å². The van der Waals surface area contributed by atoms with Crippen molar-refractivity contribution in [3.8, 4) is 6.07 Å². The number of hydrogen-bond acceptors (Lipinski definition) is 4. The van der Waals surface area contributed by atoms with Gasteiger partial charge in [0.1, 0.15) is 23.3 Å². The van der Waals surface area contributed by atoms with E-state index in [1.165, 1.54) is 22.1 Å². The number of alkyl halides is 2. The number of nitrogens with one attached hydrogen (secondary N) is 1. The molecule has 0 saturated heterocycles. The van der Waals surface area contributed by atoms with E-state index in [0.717, 1.165) is 36.1 Å². The van der Waals surface area contributed by atoms with Gasteiger partial charge in [-0.3, -0.25) is 9.48 Å². The van der Waals surface area contributed by atoms with Crippen LogP contribution in [0.25, 0.3) is 0 Å². The quantitative estimate of drug-likeness (QED) is 0.916. The molecular formula is C16H16F2N4OS. The molecule has 0 aliphatic heterocycles. The van der Waals surface area contributed by atoms with E-state index in [0.29, 0.717) is 16.3 Å². The summed E-state index contributed by atoms with van der Waals surface area (Å²) >= 11 is 1.44. The van der Waals surface area contributed by atoms with Crippen molar-refractivity contribution in [2.75, 3.05) is 5.32 Å². The molecule has 0 saturated carbocycles. The molecule has 0 radical (unpaired) electrons. The van der Waals surface area contributed by atoms with Crippen LogP contribution in [-0.2, 0) is 24.2 Å². The van der Waals surface area contributed by atoms with Crippen molar-refractivity contribution in [2.24, 2.45) is 0 Å². The van der Waals surface area contributed by atoms with Crippen LogP contribution in [0.1, 0.15) is 46.7 Å². The highest BCUT2D eigenvalue weighted by Crippen LogP contribution is 2.37. The van der Waals surface area contributed by atoms with E-state index < -0.39 is 6.43 Å². The number of aryl methyl sites for hydroxylation is 2. The fourth-order valence-corrected chi connectivity index (χ4v) is 4.13. The van der Waals surface area contributed by atoms with Gasteiger partial charge in [0.2, 0.25) is 5.91 Å². The first-order valence-corrected chi connectivity index (χ1v) is 8.48. The van der Waals surface area contributed by atoms with Gasteiger partial charge in [0.05, 0.1) is 5.56 Å². The molecule has 0 unspecified atom stereocenters. The molecule has 1 amide bonds. The van der Waals surface area contributed by atoms with E-state index in [-0.39, 0.29) is 18.1 Å². The number of carbonyl (C=O) groups is 1. The second kappa shape index (κ2) is 6.69. The topological polar surface area (TPSA) is 70.7 Å². The Kier molecular flexibility index (Phi) is 4.62. The van der Waals surface area contributed by atoms with Crippen LogP contribution in [0.4, 0.5) is 13.8 Å². The van der Waals surface area contributed by atoms with Crippen LogP contribution in [-0.4, -0.2) is 15.7 Å². The lowest BCUT2D eigenvalue weighted by molar-refractivity contribution is -0.116. The third-order valence-electron chi connectivity index (χ3n) is 4.05. The summed E-state index contributed by atoms with van der Waals surface area (Å²) in [5.74, 6) is -0.378. The van der Waals surface area contributed by atoms with Gasteiger partial charge < -0.3 is 5.32 Å². The minimum Gasteiger partial charge on any atom is -0.315 e. The highest BCUT2D eigenvalue weighted by molar-refractivity contribution is 7.16. The number of amides is 1. The number of halogens is 2. The molecule has 0 fully saturated rings. The number of fused-ring (bicyclic) bond motifs is 1. The summed E-state index contributed by atoms with van der Waals surface area (Å²) in [6.07, 6.45) is 1.27. The standard InChI is InChI=1S/C16H16F2N4OS/c1-9-6-12(15(17)18)21-22(9)8-14(23)20-16-11(7-19)10-4-2-3-5-13(10)24-16/h6,15H,2-5,8H2,1H3,(H,20,23). The van der Waals surface area contributed by atoms with Gasteiger partial charge in [0.25, 0.3) is 6.43 Å². The van der Waals surface area contributed by atoms with Gasteiger partial charge in [0, 0.05) is 10.6 Å². The molecule has 0 spiro atoms. The van der Waals surface area contributed by atoms with Crippen molar-refractivity contribution >= 4 is 22.2 Å². The maximum atomic E-state index is 12.7. The van der Waals surface area contributed by atoms with Crippen molar-refractivity contribution in [3.05, 3.63) is 33.5 Å². The molecule has 1 aliphatic carbocycles. The number of nitrogens with zero attached hydrogens (tertiary/aromatic N) is 3. The van der Waals surface area contributed by atoms with Crippen LogP contribution in [0.3, 0.4) is 0 Å². The molecule has 3 rings (SSSR count). The first-order valence-electron chi connectivity index (χ1n) is 7.66. The van der Waals surface area contributed by atoms with Crippen LogP contribution in [0, 0.1) is 18.3 Å². The van der Waals surface area contributed by atoms with Crippen molar-refractivity contribution in [3.63, 3.8) is 0 Å². The molecule has 2 aromatic heterocycles. The van der Waals surface area contributed by atoms with E-state index in [1.54, 1.807) is 6.92 Å². The summed E-state index contributed by atoms with van der Waals surface area (Å²) in [5.41, 5.74) is 1.73. The second-order valence-electron chi connectivity index (χ2n) is 5.74. The zero-order valence-electron chi connectivity index (χ0n) is 13.1. The zero-order chi connectivity index (χ0) is 17.3. The van der Waals surface area contributed by atoms with Crippen LogP contribution in [0.15, 0.2) is 6.07 Å². The third kappa shape index (κ3) is 3.17. The average molecular weight is 350 g/mol. The highest BCUT2D eigenvalue weighted by atomic mass is 32.1. The SMILES string of the molecule is Cc1cc(C(F)F)nn1CC(=O)Nc1sc2c(c1C#N)CCCC2. The number of rotatable bonds is 4. The Morgan fingerprint density at radius 2 is 2.25 bits per heavy atom. The zero-order valence-corrected chi connectivity index (χ0v) is 13.9. The van der Waals surface area contributed by atoms with E-state index >= 15 is 0 Å². The van der Waals surface area contributed by atoms with E-state index in [9.17, 15) is 18.8 Å². The molecule has 2 heterocycles. The number of carbonyl (C=O) groups excluding carboxylic acids is 1. The van der Waals surface area contributed by atoms with Crippen LogP contribution in [0.5, 0.6) is 0 Å². The number of nitriles is 1. The summed E-state index contributed by atoms with van der Waals surface area (Å²) in [7, 11) is 0.